The van der Waals surface area contributed by atoms with E-state index in [1.807, 2.05) is 31.2 Å². The maximum atomic E-state index is 12.1. The molecule has 1 rings (SSSR count). The molecule has 0 aliphatic heterocycles. The normalized spacial score (nSPS) is 12.2. The summed E-state index contributed by atoms with van der Waals surface area (Å²) >= 11 is 1.71. The second-order valence-electron chi connectivity index (χ2n) is 4.38. The molecule has 1 unspecified atom stereocenters. The first-order valence-electron chi connectivity index (χ1n) is 6.51. The lowest BCUT2D eigenvalue weighted by Crippen LogP contribution is -2.08. The van der Waals surface area contributed by atoms with E-state index in [9.17, 15) is 4.79 Å². The first kappa shape index (κ1) is 15.1. The van der Waals surface area contributed by atoms with Crippen LogP contribution in [0, 0.1) is 5.92 Å². The number of ketones is 1. The number of carbonyl (C=O) groups is 1. The zero-order chi connectivity index (χ0) is 13.4. The number of Topliss-reactive ketones (excluding diaryl/α,β-unsaturated/α-hetero) is 1. The Morgan fingerprint density at radius 1 is 1.33 bits per heavy atom. The molecule has 100 valence electrons. The third-order valence-electron chi connectivity index (χ3n) is 2.82. The van der Waals surface area contributed by atoms with Crippen molar-refractivity contribution in [3.05, 3.63) is 29.8 Å². The summed E-state index contributed by atoms with van der Waals surface area (Å²) in [6.07, 6.45) is 1.16. The van der Waals surface area contributed by atoms with Crippen molar-refractivity contribution >= 4 is 17.5 Å². The van der Waals surface area contributed by atoms with Gasteiger partial charge in [-0.1, -0.05) is 32.4 Å². The number of hydrogen-bond acceptors (Lipinski definition) is 3. The molecule has 0 aliphatic carbocycles. The highest BCUT2D eigenvalue weighted by molar-refractivity contribution is 7.99. The average Bonchev–Trinajstić information content (AvgIpc) is 2.39. The number of hydrogen-bond donors (Lipinski definition) is 0. The zero-order valence-corrected chi connectivity index (χ0v) is 12.3. The lowest BCUT2D eigenvalue weighted by molar-refractivity contribution is 0.101. The molecule has 0 fully saturated rings. The molecule has 1 atom stereocenters. The van der Waals surface area contributed by atoms with Crippen LogP contribution in [0.15, 0.2) is 24.3 Å². The van der Waals surface area contributed by atoms with Gasteiger partial charge in [-0.25, -0.2) is 0 Å². The molecule has 0 amide bonds. The van der Waals surface area contributed by atoms with Crippen molar-refractivity contribution in [2.75, 3.05) is 18.1 Å². The van der Waals surface area contributed by atoms with Gasteiger partial charge in [0.1, 0.15) is 5.75 Å². The molecule has 0 saturated carbocycles. The molecule has 0 radical (unpaired) electrons. The van der Waals surface area contributed by atoms with E-state index in [2.05, 4.69) is 13.8 Å². The molecule has 1 aromatic rings. The Balaban J connectivity index is 2.55. The summed E-state index contributed by atoms with van der Waals surface area (Å²) in [5.74, 6) is 3.11. The maximum Gasteiger partial charge on any atom is 0.176 e. The number of rotatable bonds is 8. The van der Waals surface area contributed by atoms with E-state index in [1.54, 1.807) is 11.8 Å². The second kappa shape index (κ2) is 8.20. The predicted molar refractivity (Wildman–Crippen MR) is 78.7 cm³/mol. The SMILES string of the molecule is CCOc1ccccc1C(=O)CSCC(C)CC. The van der Waals surface area contributed by atoms with Crippen LogP contribution < -0.4 is 4.74 Å². The maximum absolute atomic E-state index is 12.1. The summed E-state index contributed by atoms with van der Waals surface area (Å²) in [5, 5.41) is 0. The number of ether oxygens (including phenoxy) is 1. The van der Waals surface area contributed by atoms with Crippen molar-refractivity contribution in [2.24, 2.45) is 5.92 Å². The minimum absolute atomic E-state index is 0.160. The van der Waals surface area contributed by atoms with Gasteiger partial charge in [-0.3, -0.25) is 4.79 Å². The van der Waals surface area contributed by atoms with Crippen molar-refractivity contribution in [1.29, 1.82) is 0 Å². The fraction of sp³-hybridized carbons (Fsp3) is 0.533. The van der Waals surface area contributed by atoms with Crippen molar-refractivity contribution in [3.63, 3.8) is 0 Å². The molecule has 2 nitrogen and oxygen atoms in total. The van der Waals surface area contributed by atoms with Crippen molar-refractivity contribution in [1.82, 2.24) is 0 Å². The number of para-hydroxylation sites is 1. The Bertz CT molecular complexity index is 377. The minimum Gasteiger partial charge on any atom is -0.493 e. The first-order valence-corrected chi connectivity index (χ1v) is 7.67. The Morgan fingerprint density at radius 3 is 2.72 bits per heavy atom. The van der Waals surface area contributed by atoms with Gasteiger partial charge in [0.25, 0.3) is 0 Å². The lowest BCUT2D eigenvalue weighted by Gasteiger charge is -2.10. The van der Waals surface area contributed by atoms with Gasteiger partial charge in [0.05, 0.1) is 17.9 Å². The Labute approximate surface area is 114 Å². The third kappa shape index (κ3) is 4.73. The molecular formula is C15H22O2S. The Morgan fingerprint density at radius 2 is 2.06 bits per heavy atom. The van der Waals surface area contributed by atoms with E-state index < -0.39 is 0 Å². The van der Waals surface area contributed by atoms with Crippen LogP contribution >= 0.6 is 11.8 Å². The van der Waals surface area contributed by atoms with Crippen molar-refractivity contribution in [2.45, 2.75) is 27.2 Å². The van der Waals surface area contributed by atoms with Crippen LogP contribution in [0.1, 0.15) is 37.6 Å². The molecule has 0 aromatic heterocycles. The average molecular weight is 266 g/mol. The van der Waals surface area contributed by atoms with Gasteiger partial charge in [-0.2, -0.15) is 11.8 Å². The lowest BCUT2D eigenvalue weighted by atomic mass is 10.1. The molecular weight excluding hydrogens is 244 g/mol. The highest BCUT2D eigenvalue weighted by atomic mass is 32.2. The standard InChI is InChI=1S/C15H22O2S/c1-4-12(3)10-18-11-14(16)13-8-6-7-9-15(13)17-5-2/h6-9,12H,4-5,10-11H2,1-3H3. The van der Waals surface area contributed by atoms with Crippen LogP contribution in [-0.4, -0.2) is 23.9 Å². The molecule has 0 aliphatic rings. The fourth-order valence-electron chi connectivity index (χ4n) is 1.53. The van der Waals surface area contributed by atoms with Crippen LogP contribution in [0.5, 0.6) is 5.75 Å². The molecule has 0 bridgehead atoms. The summed E-state index contributed by atoms with van der Waals surface area (Å²) in [4.78, 5) is 12.1. The predicted octanol–water partition coefficient (Wildman–Crippen LogP) is 4.05. The van der Waals surface area contributed by atoms with E-state index in [0.717, 1.165) is 12.2 Å². The summed E-state index contributed by atoms with van der Waals surface area (Å²) in [6.45, 7) is 6.91. The van der Waals surface area contributed by atoms with Gasteiger partial charge in [0.15, 0.2) is 5.78 Å². The summed E-state index contributed by atoms with van der Waals surface area (Å²) in [6, 6.07) is 7.48. The van der Waals surface area contributed by atoms with Gasteiger partial charge in [-0.05, 0) is 30.7 Å². The topological polar surface area (TPSA) is 26.3 Å². The van der Waals surface area contributed by atoms with E-state index >= 15 is 0 Å². The number of carbonyl (C=O) groups excluding carboxylic acids is 1. The Hall–Kier alpha value is -0.960. The molecule has 3 heteroatoms. The van der Waals surface area contributed by atoms with E-state index in [1.165, 1.54) is 0 Å². The summed E-state index contributed by atoms with van der Waals surface area (Å²) in [7, 11) is 0. The molecule has 18 heavy (non-hydrogen) atoms. The zero-order valence-electron chi connectivity index (χ0n) is 11.4. The highest BCUT2D eigenvalue weighted by Gasteiger charge is 2.12. The molecule has 0 N–H and O–H groups in total. The van der Waals surface area contributed by atoms with Gasteiger partial charge < -0.3 is 4.74 Å². The molecule has 0 saturated heterocycles. The Kier molecular flexibility index (Phi) is 6.88. The van der Waals surface area contributed by atoms with Crippen LogP contribution in [-0.2, 0) is 0 Å². The van der Waals surface area contributed by atoms with Crippen molar-refractivity contribution < 1.29 is 9.53 Å². The van der Waals surface area contributed by atoms with Crippen LogP contribution in [0.4, 0.5) is 0 Å². The van der Waals surface area contributed by atoms with Gasteiger partial charge in [0.2, 0.25) is 0 Å². The quantitative estimate of drug-likeness (QED) is 0.664. The van der Waals surface area contributed by atoms with E-state index in [0.29, 0.717) is 29.6 Å². The van der Waals surface area contributed by atoms with Crippen molar-refractivity contribution in [3.8, 4) is 5.75 Å². The van der Waals surface area contributed by atoms with Crippen LogP contribution in [0.3, 0.4) is 0 Å². The van der Waals surface area contributed by atoms with Gasteiger partial charge in [-0.15, -0.1) is 0 Å². The van der Waals surface area contributed by atoms with Crippen LogP contribution in [0.2, 0.25) is 0 Å². The van der Waals surface area contributed by atoms with Gasteiger partial charge >= 0.3 is 0 Å². The number of thioether (sulfide) groups is 1. The number of benzene rings is 1. The van der Waals surface area contributed by atoms with E-state index in [4.69, 9.17) is 4.74 Å². The third-order valence-corrected chi connectivity index (χ3v) is 4.09. The second-order valence-corrected chi connectivity index (χ2v) is 5.41. The molecule has 1 aromatic carbocycles. The smallest absolute Gasteiger partial charge is 0.176 e. The minimum atomic E-state index is 0.160. The van der Waals surface area contributed by atoms with Gasteiger partial charge in [0, 0.05) is 0 Å². The summed E-state index contributed by atoms with van der Waals surface area (Å²) < 4.78 is 5.48. The van der Waals surface area contributed by atoms with E-state index in [-0.39, 0.29) is 5.78 Å². The monoisotopic (exact) mass is 266 g/mol. The fourth-order valence-corrected chi connectivity index (χ4v) is 2.62. The van der Waals surface area contributed by atoms with Crippen LogP contribution in [0.25, 0.3) is 0 Å². The molecule has 0 heterocycles. The molecule has 0 spiro atoms. The first-order chi connectivity index (χ1) is 8.69. The summed E-state index contributed by atoms with van der Waals surface area (Å²) in [5.41, 5.74) is 0.705. The highest BCUT2D eigenvalue weighted by Crippen LogP contribution is 2.21. The largest absolute Gasteiger partial charge is 0.493 e.